The van der Waals surface area contributed by atoms with E-state index in [4.69, 9.17) is 13.9 Å². The number of hydrogen-bond donors (Lipinski definition) is 1. The predicted molar refractivity (Wildman–Crippen MR) is 118 cm³/mol. The van der Waals surface area contributed by atoms with Gasteiger partial charge >= 0.3 is 5.97 Å². The van der Waals surface area contributed by atoms with Crippen LogP contribution < -0.4 is 10.1 Å². The van der Waals surface area contributed by atoms with Crippen LogP contribution in [0.3, 0.4) is 0 Å². The number of carbonyl (C=O) groups is 2. The molecule has 0 spiro atoms. The highest BCUT2D eigenvalue weighted by Gasteiger charge is 2.18. The highest BCUT2D eigenvalue weighted by molar-refractivity contribution is 5.83. The Balaban J connectivity index is 1.38. The molecule has 0 saturated carbocycles. The monoisotopic (exact) mass is 437 g/mol. The predicted octanol–water partition coefficient (Wildman–Crippen LogP) is 3.28. The molecule has 2 aromatic carbocycles. The van der Waals surface area contributed by atoms with Gasteiger partial charge in [-0.3, -0.25) is 9.59 Å². The van der Waals surface area contributed by atoms with Crippen LogP contribution in [0.1, 0.15) is 30.4 Å². The Morgan fingerprint density at radius 2 is 1.75 bits per heavy atom. The van der Waals surface area contributed by atoms with Crippen molar-refractivity contribution in [2.45, 2.75) is 39.2 Å². The largest absolute Gasteiger partial charge is 0.497 e. The van der Waals surface area contributed by atoms with Gasteiger partial charge in [-0.25, -0.2) is 0 Å². The summed E-state index contributed by atoms with van der Waals surface area (Å²) < 4.78 is 15.9. The van der Waals surface area contributed by atoms with Gasteiger partial charge in [-0.1, -0.05) is 29.8 Å². The quantitative estimate of drug-likeness (QED) is 0.486. The van der Waals surface area contributed by atoms with Crippen molar-refractivity contribution in [3.05, 3.63) is 65.5 Å². The van der Waals surface area contributed by atoms with Crippen molar-refractivity contribution in [1.82, 2.24) is 15.5 Å². The van der Waals surface area contributed by atoms with Crippen LogP contribution in [0, 0.1) is 6.92 Å². The van der Waals surface area contributed by atoms with Gasteiger partial charge in [0.25, 0.3) is 5.91 Å². The summed E-state index contributed by atoms with van der Waals surface area (Å²) in [6, 6.07) is 15.3. The number of rotatable bonds is 10. The van der Waals surface area contributed by atoms with Crippen LogP contribution >= 0.6 is 0 Å². The molecule has 1 N–H and O–H groups in total. The Hall–Kier alpha value is -3.68. The molecule has 1 atom stereocenters. The molecule has 8 nitrogen and oxygen atoms in total. The molecule has 8 heteroatoms. The Bertz CT molecular complexity index is 1030. The average Bonchev–Trinajstić information content (AvgIpc) is 3.27. The molecule has 3 aromatic rings. The minimum absolute atomic E-state index is 0.0407. The maximum absolute atomic E-state index is 12.2. The number of esters is 1. The number of methoxy groups -OCH3 is 1. The Morgan fingerprint density at radius 3 is 2.44 bits per heavy atom. The maximum Gasteiger partial charge on any atom is 0.307 e. The number of aromatic nitrogens is 2. The van der Waals surface area contributed by atoms with Crippen molar-refractivity contribution >= 4 is 11.9 Å². The fourth-order valence-electron chi connectivity index (χ4n) is 2.95. The molecule has 0 saturated heterocycles. The highest BCUT2D eigenvalue weighted by atomic mass is 16.5. The van der Waals surface area contributed by atoms with Crippen LogP contribution in [-0.4, -0.2) is 41.8 Å². The lowest BCUT2D eigenvalue weighted by molar-refractivity contribution is -0.154. The molecular weight excluding hydrogens is 410 g/mol. The van der Waals surface area contributed by atoms with E-state index in [0.29, 0.717) is 24.7 Å². The summed E-state index contributed by atoms with van der Waals surface area (Å²) in [5.74, 6) is 0.682. The molecule has 0 aliphatic carbocycles. The van der Waals surface area contributed by atoms with Crippen LogP contribution in [0.5, 0.6) is 5.75 Å². The van der Waals surface area contributed by atoms with Crippen molar-refractivity contribution in [2.24, 2.45) is 0 Å². The minimum atomic E-state index is -0.885. The van der Waals surface area contributed by atoms with Crippen molar-refractivity contribution in [3.8, 4) is 17.2 Å². The van der Waals surface area contributed by atoms with Gasteiger partial charge in [0.1, 0.15) is 5.75 Å². The van der Waals surface area contributed by atoms with Crippen molar-refractivity contribution in [3.63, 3.8) is 0 Å². The van der Waals surface area contributed by atoms with Gasteiger partial charge in [-0.15, -0.1) is 10.2 Å². The maximum atomic E-state index is 12.2. The van der Waals surface area contributed by atoms with Crippen LogP contribution in [0.15, 0.2) is 52.9 Å². The third-order valence-electron chi connectivity index (χ3n) is 4.86. The van der Waals surface area contributed by atoms with Crippen LogP contribution in [0.4, 0.5) is 0 Å². The Kier molecular flexibility index (Phi) is 7.96. The van der Waals surface area contributed by atoms with Crippen LogP contribution in [-0.2, 0) is 27.2 Å². The van der Waals surface area contributed by atoms with Gasteiger partial charge in [-0.2, -0.15) is 0 Å². The van der Waals surface area contributed by atoms with E-state index < -0.39 is 12.1 Å². The zero-order chi connectivity index (χ0) is 22.9. The van der Waals surface area contributed by atoms with E-state index in [9.17, 15) is 9.59 Å². The summed E-state index contributed by atoms with van der Waals surface area (Å²) in [5, 5.41) is 10.8. The summed E-state index contributed by atoms with van der Waals surface area (Å²) in [6.45, 7) is 3.98. The number of hydrogen-bond acceptors (Lipinski definition) is 7. The van der Waals surface area contributed by atoms with E-state index in [1.165, 1.54) is 0 Å². The number of benzene rings is 2. The van der Waals surface area contributed by atoms with E-state index in [1.807, 2.05) is 55.5 Å². The number of carbonyl (C=O) groups excluding carboxylic acids is 2. The first kappa shape index (κ1) is 23.0. The standard InChI is InChI=1S/C24H27N3O5/c1-16-4-8-19(9-5-16)24-27-26-21(32-24)12-13-22(28)31-17(2)23(29)25-15-14-18-6-10-20(30-3)11-7-18/h4-11,17H,12-15H2,1-3H3,(H,25,29). The molecule has 1 amide bonds. The molecule has 3 rings (SSSR count). The van der Waals surface area contributed by atoms with E-state index >= 15 is 0 Å². The molecule has 1 heterocycles. The summed E-state index contributed by atoms with van der Waals surface area (Å²) >= 11 is 0. The van der Waals surface area contributed by atoms with Crippen LogP contribution in [0.2, 0.25) is 0 Å². The summed E-state index contributed by atoms with van der Waals surface area (Å²) in [6.07, 6.45) is 0.0588. The second-order valence-electron chi connectivity index (χ2n) is 7.39. The third kappa shape index (κ3) is 6.66. The first-order chi connectivity index (χ1) is 15.4. The summed E-state index contributed by atoms with van der Waals surface area (Å²) in [4.78, 5) is 24.3. The molecule has 168 valence electrons. The van der Waals surface area contributed by atoms with Gasteiger partial charge < -0.3 is 19.2 Å². The fourth-order valence-corrected chi connectivity index (χ4v) is 2.95. The minimum Gasteiger partial charge on any atom is -0.497 e. The molecular formula is C24H27N3O5. The topological polar surface area (TPSA) is 104 Å². The molecule has 32 heavy (non-hydrogen) atoms. The second kappa shape index (κ2) is 11.1. The zero-order valence-electron chi connectivity index (χ0n) is 18.5. The number of aryl methyl sites for hydroxylation is 2. The normalized spacial score (nSPS) is 11.6. The second-order valence-corrected chi connectivity index (χ2v) is 7.39. The molecule has 0 aliphatic heterocycles. The van der Waals surface area contributed by atoms with Crippen LogP contribution in [0.25, 0.3) is 11.5 Å². The number of amides is 1. The Morgan fingerprint density at radius 1 is 1.03 bits per heavy atom. The van der Waals surface area contributed by atoms with E-state index in [-0.39, 0.29) is 18.7 Å². The highest BCUT2D eigenvalue weighted by Crippen LogP contribution is 2.19. The van der Waals surface area contributed by atoms with E-state index in [1.54, 1.807) is 14.0 Å². The molecule has 0 radical (unpaired) electrons. The summed E-state index contributed by atoms with van der Waals surface area (Å²) in [7, 11) is 1.61. The van der Waals surface area contributed by atoms with Gasteiger partial charge in [0.2, 0.25) is 11.8 Å². The van der Waals surface area contributed by atoms with Crippen molar-refractivity contribution in [2.75, 3.05) is 13.7 Å². The van der Waals surface area contributed by atoms with Gasteiger partial charge in [0.05, 0.1) is 13.5 Å². The number of ether oxygens (including phenoxy) is 2. The molecule has 1 aromatic heterocycles. The van der Waals surface area contributed by atoms with Gasteiger partial charge in [-0.05, 0) is 50.1 Å². The number of nitrogens with zero attached hydrogens (tertiary/aromatic N) is 2. The van der Waals surface area contributed by atoms with Gasteiger partial charge in [0.15, 0.2) is 6.10 Å². The zero-order valence-corrected chi connectivity index (χ0v) is 18.5. The molecule has 0 fully saturated rings. The average molecular weight is 437 g/mol. The number of nitrogens with one attached hydrogen (secondary N) is 1. The van der Waals surface area contributed by atoms with E-state index in [0.717, 1.165) is 22.4 Å². The SMILES string of the molecule is COc1ccc(CCNC(=O)C(C)OC(=O)CCc2nnc(-c3ccc(C)cc3)o2)cc1. The molecule has 0 bridgehead atoms. The first-order valence-electron chi connectivity index (χ1n) is 10.4. The Labute approximate surface area is 186 Å². The van der Waals surface area contributed by atoms with Crippen molar-refractivity contribution < 1.29 is 23.5 Å². The first-order valence-corrected chi connectivity index (χ1v) is 10.4. The van der Waals surface area contributed by atoms with Crippen molar-refractivity contribution in [1.29, 1.82) is 0 Å². The van der Waals surface area contributed by atoms with E-state index in [2.05, 4.69) is 15.5 Å². The smallest absolute Gasteiger partial charge is 0.307 e. The summed E-state index contributed by atoms with van der Waals surface area (Å²) in [5.41, 5.74) is 3.02. The molecule has 0 aliphatic rings. The third-order valence-corrected chi connectivity index (χ3v) is 4.86. The molecule has 1 unspecified atom stereocenters. The lowest BCUT2D eigenvalue weighted by atomic mass is 10.1. The van der Waals surface area contributed by atoms with Gasteiger partial charge in [0, 0.05) is 18.5 Å². The fraction of sp³-hybridized carbons (Fsp3) is 0.333. The lowest BCUT2D eigenvalue weighted by Gasteiger charge is -2.13. The lowest BCUT2D eigenvalue weighted by Crippen LogP contribution is -2.36.